The van der Waals surface area contributed by atoms with Crippen molar-refractivity contribution >= 4 is 46.2 Å². The normalized spacial score (nSPS) is 15.8. The summed E-state index contributed by atoms with van der Waals surface area (Å²) in [5, 5.41) is 15.3. The van der Waals surface area contributed by atoms with Gasteiger partial charge in [0.2, 0.25) is 0 Å². The Morgan fingerprint density at radius 2 is 1.43 bits per heavy atom. The van der Waals surface area contributed by atoms with Crippen LogP contribution in [0.4, 0.5) is 17.1 Å². The van der Waals surface area contributed by atoms with Crippen LogP contribution in [0, 0.1) is 10.1 Å². The lowest BCUT2D eigenvalue weighted by atomic mass is 10.1. The minimum atomic E-state index is -0.454. The maximum Gasteiger partial charge on any atom is 0.275 e. The molecule has 1 amide bonds. The number of hydrogen-bond donors (Lipinski definition) is 1. The quantitative estimate of drug-likeness (QED) is 0.391. The number of carbonyl (C=O) groups is 1. The number of nitro benzene ring substituents is 1. The molecule has 1 aliphatic rings. The van der Waals surface area contributed by atoms with Gasteiger partial charge in [-0.1, -0.05) is 23.2 Å². The van der Waals surface area contributed by atoms with E-state index in [1.54, 1.807) is 71.6 Å². The Labute approximate surface area is 182 Å². The number of halogens is 2. The fourth-order valence-corrected chi connectivity index (χ4v) is 3.51. The first kappa shape index (κ1) is 19.9. The van der Waals surface area contributed by atoms with Gasteiger partial charge in [0.15, 0.2) is 0 Å². The number of anilines is 2. The van der Waals surface area contributed by atoms with Gasteiger partial charge in [0, 0.05) is 33.6 Å². The maximum atomic E-state index is 13.2. The largest absolute Gasteiger partial charge is 0.351 e. The number of nitrogens with one attached hydrogen (secondary N) is 1. The molecule has 8 heteroatoms. The molecule has 30 heavy (non-hydrogen) atoms. The van der Waals surface area contributed by atoms with Crippen LogP contribution in [0.15, 0.2) is 84.6 Å². The zero-order valence-corrected chi connectivity index (χ0v) is 17.0. The second kappa shape index (κ2) is 8.18. The van der Waals surface area contributed by atoms with Crippen molar-refractivity contribution in [1.29, 1.82) is 0 Å². The summed E-state index contributed by atoms with van der Waals surface area (Å²) >= 11 is 11.9. The van der Waals surface area contributed by atoms with Crippen molar-refractivity contribution in [2.75, 3.05) is 10.2 Å². The summed E-state index contributed by atoms with van der Waals surface area (Å²) in [4.78, 5) is 25.4. The number of nitro groups is 1. The maximum absolute atomic E-state index is 13.2. The molecule has 0 unspecified atom stereocenters. The van der Waals surface area contributed by atoms with E-state index in [2.05, 4.69) is 5.32 Å². The topological polar surface area (TPSA) is 75.5 Å². The van der Waals surface area contributed by atoms with Crippen molar-refractivity contribution in [2.45, 2.75) is 6.04 Å². The van der Waals surface area contributed by atoms with E-state index in [0.717, 1.165) is 11.3 Å². The smallest absolute Gasteiger partial charge is 0.275 e. The SMILES string of the molecule is O=C1C(Nc2ccc(Cl)cc2)=C[C@H](c2ccc([N+](=O)[O-])cc2)N1c1ccc(Cl)cc1. The van der Waals surface area contributed by atoms with E-state index < -0.39 is 11.0 Å². The fraction of sp³-hybridized carbons (Fsp3) is 0.0455. The molecular formula is C22H15Cl2N3O3. The summed E-state index contributed by atoms with van der Waals surface area (Å²) in [6, 6.07) is 19.7. The number of rotatable bonds is 5. The number of amides is 1. The van der Waals surface area contributed by atoms with Crippen LogP contribution in [-0.4, -0.2) is 10.8 Å². The van der Waals surface area contributed by atoms with Crippen LogP contribution in [0.1, 0.15) is 11.6 Å². The number of benzene rings is 3. The summed E-state index contributed by atoms with van der Waals surface area (Å²) in [5.41, 5.74) is 2.52. The molecule has 1 atom stereocenters. The van der Waals surface area contributed by atoms with Crippen molar-refractivity contribution < 1.29 is 9.72 Å². The molecule has 1 heterocycles. The predicted molar refractivity (Wildman–Crippen MR) is 118 cm³/mol. The van der Waals surface area contributed by atoms with Gasteiger partial charge in [0.25, 0.3) is 11.6 Å². The molecule has 0 fully saturated rings. The molecule has 1 aliphatic heterocycles. The molecule has 4 rings (SSSR count). The highest BCUT2D eigenvalue weighted by molar-refractivity contribution is 6.31. The molecule has 0 bridgehead atoms. The minimum absolute atomic E-state index is 0.00962. The molecule has 0 saturated carbocycles. The highest BCUT2D eigenvalue weighted by atomic mass is 35.5. The second-order valence-corrected chi connectivity index (χ2v) is 7.53. The first-order valence-electron chi connectivity index (χ1n) is 9.00. The van der Waals surface area contributed by atoms with E-state index in [0.29, 0.717) is 21.4 Å². The van der Waals surface area contributed by atoms with E-state index in [-0.39, 0.29) is 11.6 Å². The standard InChI is InChI=1S/C22H15Cl2N3O3/c23-15-3-7-17(8-4-15)25-20-13-21(14-1-9-19(10-2-14)27(29)30)26(22(20)28)18-11-5-16(24)6-12-18/h1-13,21,25H/t21-/m1/s1. The second-order valence-electron chi connectivity index (χ2n) is 6.66. The van der Waals surface area contributed by atoms with Gasteiger partial charge in [-0.3, -0.25) is 19.8 Å². The molecule has 0 saturated heterocycles. The van der Waals surface area contributed by atoms with Crippen LogP contribution in [0.2, 0.25) is 10.0 Å². The van der Waals surface area contributed by atoms with E-state index in [1.807, 2.05) is 0 Å². The third-order valence-electron chi connectivity index (χ3n) is 4.73. The van der Waals surface area contributed by atoms with Gasteiger partial charge in [0.1, 0.15) is 5.70 Å². The molecule has 150 valence electrons. The molecule has 0 spiro atoms. The van der Waals surface area contributed by atoms with Crippen molar-refractivity contribution in [1.82, 2.24) is 0 Å². The molecular weight excluding hydrogens is 425 g/mol. The highest BCUT2D eigenvalue weighted by Gasteiger charge is 2.35. The molecule has 1 N–H and O–H groups in total. The molecule has 0 aromatic heterocycles. The number of non-ortho nitro benzene ring substituents is 1. The van der Waals surface area contributed by atoms with E-state index in [4.69, 9.17) is 23.2 Å². The summed E-state index contributed by atoms with van der Waals surface area (Å²) in [6.07, 6.45) is 1.80. The highest BCUT2D eigenvalue weighted by Crippen LogP contribution is 2.37. The van der Waals surface area contributed by atoms with Crippen LogP contribution in [0.25, 0.3) is 0 Å². The monoisotopic (exact) mass is 439 g/mol. The number of carbonyl (C=O) groups excluding carboxylic acids is 1. The molecule has 0 radical (unpaired) electrons. The zero-order chi connectivity index (χ0) is 21.3. The van der Waals surface area contributed by atoms with E-state index >= 15 is 0 Å². The first-order chi connectivity index (χ1) is 14.4. The lowest BCUT2D eigenvalue weighted by Gasteiger charge is -2.25. The summed E-state index contributed by atoms with van der Waals surface area (Å²) in [6.45, 7) is 0. The molecule has 3 aromatic carbocycles. The Bertz CT molecular complexity index is 1130. The van der Waals surface area contributed by atoms with Gasteiger partial charge in [0.05, 0.1) is 11.0 Å². The minimum Gasteiger partial charge on any atom is -0.351 e. The third-order valence-corrected chi connectivity index (χ3v) is 5.23. The van der Waals surface area contributed by atoms with Crippen LogP contribution < -0.4 is 10.2 Å². The Hall–Kier alpha value is -3.35. The number of nitrogens with zero attached hydrogens (tertiary/aromatic N) is 2. The Kier molecular flexibility index (Phi) is 5.44. The first-order valence-corrected chi connectivity index (χ1v) is 9.76. The predicted octanol–water partition coefficient (Wildman–Crippen LogP) is 5.99. The van der Waals surface area contributed by atoms with Crippen LogP contribution in [-0.2, 0) is 4.79 Å². The Balaban J connectivity index is 1.72. The molecule has 0 aliphatic carbocycles. The van der Waals surface area contributed by atoms with Crippen LogP contribution in [0.3, 0.4) is 0 Å². The van der Waals surface area contributed by atoms with E-state index in [1.165, 1.54) is 12.1 Å². The van der Waals surface area contributed by atoms with Gasteiger partial charge in [-0.2, -0.15) is 0 Å². The lowest BCUT2D eigenvalue weighted by Crippen LogP contribution is -2.30. The molecule has 3 aromatic rings. The fourth-order valence-electron chi connectivity index (χ4n) is 3.26. The average molecular weight is 440 g/mol. The summed E-state index contributed by atoms with van der Waals surface area (Å²) < 4.78 is 0. The summed E-state index contributed by atoms with van der Waals surface area (Å²) in [5.74, 6) is -0.226. The van der Waals surface area contributed by atoms with E-state index in [9.17, 15) is 14.9 Å². The molecule has 6 nitrogen and oxygen atoms in total. The van der Waals surface area contributed by atoms with Gasteiger partial charge >= 0.3 is 0 Å². The summed E-state index contributed by atoms with van der Waals surface area (Å²) in [7, 11) is 0. The van der Waals surface area contributed by atoms with Crippen LogP contribution >= 0.6 is 23.2 Å². The van der Waals surface area contributed by atoms with Crippen molar-refractivity contribution in [3.63, 3.8) is 0 Å². The average Bonchev–Trinajstić information content (AvgIpc) is 3.06. The zero-order valence-electron chi connectivity index (χ0n) is 15.5. The van der Waals surface area contributed by atoms with Gasteiger partial charge in [-0.25, -0.2) is 0 Å². The van der Waals surface area contributed by atoms with Crippen molar-refractivity contribution in [3.05, 3.63) is 110 Å². The Morgan fingerprint density at radius 1 is 0.867 bits per heavy atom. The van der Waals surface area contributed by atoms with Gasteiger partial charge in [-0.15, -0.1) is 0 Å². The van der Waals surface area contributed by atoms with Crippen molar-refractivity contribution in [2.24, 2.45) is 0 Å². The van der Waals surface area contributed by atoms with Crippen molar-refractivity contribution in [3.8, 4) is 0 Å². The lowest BCUT2D eigenvalue weighted by molar-refractivity contribution is -0.384. The van der Waals surface area contributed by atoms with Crippen LogP contribution in [0.5, 0.6) is 0 Å². The third kappa shape index (κ3) is 4.01. The van der Waals surface area contributed by atoms with Gasteiger partial charge < -0.3 is 5.32 Å². The van der Waals surface area contributed by atoms with Gasteiger partial charge in [-0.05, 0) is 72.3 Å². The number of hydrogen-bond acceptors (Lipinski definition) is 4. The Morgan fingerprint density at radius 3 is 2.00 bits per heavy atom.